The van der Waals surface area contributed by atoms with E-state index in [1.165, 1.54) is 0 Å². The lowest BCUT2D eigenvalue weighted by molar-refractivity contribution is -0.137. The van der Waals surface area contributed by atoms with E-state index < -0.39 is 34.8 Å². The highest BCUT2D eigenvalue weighted by Gasteiger charge is 2.35. The number of carboxylic acid groups (broad SMARTS) is 1. The van der Waals surface area contributed by atoms with Crippen molar-refractivity contribution >= 4 is 11.7 Å². The predicted octanol–water partition coefficient (Wildman–Crippen LogP) is 2.12. The molecule has 0 aromatic heterocycles. The van der Waals surface area contributed by atoms with Crippen LogP contribution in [0.25, 0.3) is 0 Å². The lowest BCUT2D eigenvalue weighted by atomic mass is 10.1. The maximum absolute atomic E-state index is 12.8. The van der Waals surface area contributed by atoms with E-state index in [0.717, 1.165) is 0 Å². The van der Waals surface area contributed by atoms with Gasteiger partial charge < -0.3 is 10.8 Å². The van der Waals surface area contributed by atoms with Gasteiger partial charge in [-0.05, 0) is 12.1 Å². The Bertz CT molecular complexity index is 414. The second-order valence-corrected chi connectivity index (χ2v) is 2.72. The molecule has 0 saturated heterocycles. The number of hydrogen-bond donors (Lipinski definition) is 2. The zero-order chi connectivity index (χ0) is 11.8. The van der Waals surface area contributed by atoms with Gasteiger partial charge in [0.2, 0.25) is 0 Å². The van der Waals surface area contributed by atoms with Gasteiger partial charge in [0.25, 0.3) is 0 Å². The van der Waals surface area contributed by atoms with Crippen LogP contribution in [0, 0.1) is 5.82 Å². The van der Waals surface area contributed by atoms with Crippen molar-refractivity contribution in [3.05, 3.63) is 29.1 Å². The fraction of sp³-hybridized carbons (Fsp3) is 0.125. The molecule has 7 heteroatoms. The SMILES string of the molecule is Nc1c(F)cc(C(=O)O)cc1C(F)(F)F. The number of carbonyl (C=O) groups is 1. The minimum Gasteiger partial charge on any atom is -0.478 e. The molecule has 0 bridgehead atoms. The zero-order valence-electron chi connectivity index (χ0n) is 7.10. The molecule has 0 aliphatic heterocycles. The molecule has 0 atom stereocenters. The van der Waals surface area contributed by atoms with Crippen LogP contribution >= 0.6 is 0 Å². The van der Waals surface area contributed by atoms with Crippen molar-refractivity contribution in [1.82, 2.24) is 0 Å². The maximum atomic E-state index is 12.8. The first-order chi connectivity index (χ1) is 6.73. The van der Waals surface area contributed by atoms with E-state index in [1.54, 1.807) is 0 Å². The number of hydrogen-bond acceptors (Lipinski definition) is 2. The van der Waals surface area contributed by atoms with Gasteiger partial charge in [-0.1, -0.05) is 0 Å². The zero-order valence-corrected chi connectivity index (χ0v) is 7.10. The molecule has 3 N–H and O–H groups in total. The van der Waals surface area contributed by atoms with Crippen molar-refractivity contribution in [3.63, 3.8) is 0 Å². The first-order valence-electron chi connectivity index (χ1n) is 3.63. The smallest absolute Gasteiger partial charge is 0.418 e. The van der Waals surface area contributed by atoms with Crippen LogP contribution in [0.5, 0.6) is 0 Å². The summed E-state index contributed by atoms with van der Waals surface area (Å²) in [5.41, 5.74) is 1.46. The van der Waals surface area contributed by atoms with Crippen molar-refractivity contribution in [2.75, 3.05) is 5.73 Å². The standard InChI is InChI=1S/C8H5F4NO2/c9-5-2-3(7(14)15)1-4(6(5)13)8(10,11)12/h1-2H,13H2,(H,14,15). The van der Waals surface area contributed by atoms with Crippen LogP contribution in [0.2, 0.25) is 0 Å². The van der Waals surface area contributed by atoms with Gasteiger partial charge in [-0.15, -0.1) is 0 Å². The van der Waals surface area contributed by atoms with Crippen molar-refractivity contribution in [3.8, 4) is 0 Å². The third-order valence-electron chi connectivity index (χ3n) is 1.68. The van der Waals surface area contributed by atoms with Crippen molar-refractivity contribution in [2.24, 2.45) is 0 Å². The molecule has 3 nitrogen and oxygen atoms in total. The second kappa shape index (κ2) is 3.41. The Labute approximate surface area is 81.1 Å². The molecule has 0 spiro atoms. The van der Waals surface area contributed by atoms with Crippen LogP contribution in [0.15, 0.2) is 12.1 Å². The van der Waals surface area contributed by atoms with Gasteiger partial charge in [0.1, 0.15) is 5.82 Å². The predicted molar refractivity (Wildman–Crippen MR) is 42.8 cm³/mol. The van der Waals surface area contributed by atoms with Crippen molar-refractivity contribution in [1.29, 1.82) is 0 Å². The van der Waals surface area contributed by atoms with Crippen LogP contribution in [0.4, 0.5) is 23.2 Å². The van der Waals surface area contributed by atoms with E-state index >= 15 is 0 Å². The molecule has 0 heterocycles. The minimum absolute atomic E-state index is 0.292. The molecule has 1 rings (SSSR count). The molecular weight excluding hydrogens is 218 g/mol. The summed E-state index contributed by atoms with van der Waals surface area (Å²) in [6, 6.07) is 0.730. The number of aromatic carboxylic acids is 1. The van der Waals surface area contributed by atoms with Gasteiger partial charge in [-0.3, -0.25) is 0 Å². The fourth-order valence-electron chi connectivity index (χ4n) is 0.976. The summed E-state index contributed by atoms with van der Waals surface area (Å²) < 4.78 is 49.5. The van der Waals surface area contributed by atoms with Crippen LogP contribution < -0.4 is 5.73 Å². The number of benzene rings is 1. The third kappa shape index (κ3) is 2.17. The quantitative estimate of drug-likeness (QED) is 0.566. The van der Waals surface area contributed by atoms with Crippen LogP contribution in [-0.2, 0) is 6.18 Å². The number of anilines is 1. The van der Waals surface area contributed by atoms with Gasteiger partial charge in [0.05, 0.1) is 16.8 Å². The lowest BCUT2D eigenvalue weighted by Crippen LogP contribution is -2.12. The third-order valence-corrected chi connectivity index (χ3v) is 1.68. The summed E-state index contributed by atoms with van der Waals surface area (Å²) in [6.45, 7) is 0. The normalized spacial score (nSPS) is 11.5. The Kier molecular flexibility index (Phi) is 2.57. The van der Waals surface area contributed by atoms with Crippen molar-refractivity contribution < 1.29 is 27.5 Å². The first kappa shape index (κ1) is 11.3. The van der Waals surface area contributed by atoms with Crippen LogP contribution in [0.3, 0.4) is 0 Å². The molecule has 0 aliphatic carbocycles. The summed E-state index contributed by atoms with van der Waals surface area (Å²) in [6.07, 6.45) is -4.88. The second-order valence-electron chi connectivity index (χ2n) is 2.72. The number of alkyl halides is 3. The van der Waals surface area contributed by atoms with Crippen LogP contribution in [-0.4, -0.2) is 11.1 Å². The number of nitrogen functional groups attached to an aromatic ring is 1. The average molecular weight is 223 g/mol. The average Bonchev–Trinajstić information content (AvgIpc) is 2.06. The Morgan fingerprint density at radius 1 is 1.33 bits per heavy atom. The minimum atomic E-state index is -4.88. The number of nitrogens with two attached hydrogens (primary N) is 1. The number of halogens is 4. The Balaban J connectivity index is 3.45. The molecule has 0 fully saturated rings. The molecule has 0 unspecified atom stereocenters. The highest BCUT2D eigenvalue weighted by Crippen LogP contribution is 2.35. The maximum Gasteiger partial charge on any atom is 0.418 e. The highest BCUT2D eigenvalue weighted by atomic mass is 19.4. The number of carboxylic acids is 1. The number of rotatable bonds is 1. The lowest BCUT2D eigenvalue weighted by Gasteiger charge is -2.11. The molecule has 0 saturated carbocycles. The highest BCUT2D eigenvalue weighted by molar-refractivity contribution is 5.88. The summed E-state index contributed by atoms with van der Waals surface area (Å²) in [5.74, 6) is -3.05. The summed E-state index contributed by atoms with van der Waals surface area (Å²) in [5, 5.41) is 8.42. The van der Waals surface area contributed by atoms with E-state index in [1.807, 2.05) is 0 Å². The van der Waals surface area contributed by atoms with E-state index in [-0.39, 0.29) is 0 Å². The molecule has 1 aromatic rings. The van der Waals surface area contributed by atoms with Gasteiger partial charge in [-0.2, -0.15) is 13.2 Å². The molecule has 1 aromatic carbocycles. The van der Waals surface area contributed by atoms with Gasteiger partial charge in [-0.25, -0.2) is 9.18 Å². The summed E-state index contributed by atoms with van der Waals surface area (Å²) in [4.78, 5) is 10.4. The van der Waals surface area contributed by atoms with E-state index in [0.29, 0.717) is 12.1 Å². The van der Waals surface area contributed by atoms with Gasteiger partial charge in [0, 0.05) is 0 Å². The largest absolute Gasteiger partial charge is 0.478 e. The first-order valence-corrected chi connectivity index (χ1v) is 3.63. The molecular formula is C8H5F4NO2. The van der Waals surface area contributed by atoms with Crippen molar-refractivity contribution in [2.45, 2.75) is 6.18 Å². The Morgan fingerprint density at radius 2 is 1.87 bits per heavy atom. The molecule has 0 aliphatic rings. The van der Waals surface area contributed by atoms with E-state index in [2.05, 4.69) is 0 Å². The molecule has 0 amide bonds. The Hall–Kier alpha value is -1.79. The van der Waals surface area contributed by atoms with Crippen LogP contribution in [0.1, 0.15) is 15.9 Å². The molecule has 82 valence electrons. The van der Waals surface area contributed by atoms with E-state index in [9.17, 15) is 22.4 Å². The summed E-state index contributed by atoms with van der Waals surface area (Å²) >= 11 is 0. The molecule has 15 heavy (non-hydrogen) atoms. The van der Waals surface area contributed by atoms with E-state index in [4.69, 9.17) is 10.8 Å². The topological polar surface area (TPSA) is 63.3 Å². The monoisotopic (exact) mass is 223 g/mol. The summed E-state index contributed by atoms with van der Waals surface area (Å²) in [7, 11) is 0. The van der Waals surface area contributed by atoms with Gasteiger partial charge >= 0.3 is 12.1 Å². The fourth-order valence-corrected chi connectivity index (χ4v) is 0.976. The molecule has 0 radical (unpaired) electrons. The van der Waals surface area contributed by atoms with Gasteiger partial charge in [0.15, 0.2) is 0 Å². The Morgan fingerprint density at radius 3 is 2.27 bits per heavy atom.